The highest BCUT2D eigenvalue weighted by atomic mass is 32.2. The summed E-state index contributed by atoms with van der Waals surface area (Å²) in [6, 6.07) is 21.5. The van der Waals surface area contributed by atoms with Crippen LogP contribution in [0.4, 0.5) is 4.39 Å². The standard InChI is InChI=1S/C21H19FO2S/c1-25(23,24)18-14-11-16(12-15-18)10-13-17-6-2-3-7-19(17)20-8-4-5-9-21(20)22/h2-9,11-12,14-15H,10,13H2,1H3. The van der Waals surface area contributed by atoms with Gasteiger partial charge in [0.15, 0.2) is 9.84 Å². The number of aryl methyl sites for hydroxylation is 2. The summed E-state index contributed by atoms with van der Waals surface area (Å²) in [5.41, 5.74) is 3.62. The number of rotatable bonds is 5. The quantitative estimate of drug-likeness (QED) is 0.667. The summed E-state index contributed by atoms with van der Waals surface area (Å²) in [6.45, 7) is 0. The molecule has 0 unspecified atom stereocenters. The van der Waals surface area contributed by atoms with Gasteiger partial charge in [-0.25, -0.2) is 12.8 Å². The van der Waals surface area contributed by atoms with Crippen molar-refractivity contribution in [1.29, 1.82) is 0 Å². The van der Waals surface area contributed by atoms with Crippen molar-refractivity contribution in [2.75, 3.05) is 6.26 Å². The molecule has 0 amide bonds. The van der Waals surface area contributed by atoms with Gasteiger partial charge in [0.25, 0.3) is 0 Å². The van der Waals surface area contributed by atoms with Crippen LogP contribution < -0.4 is 0 Å². The van der Waals surface area contributed by atoms with E-state index in [0.29, 0.717) is 10.5 Å². The lowest BCUT2D eigenvalue weighted by molar-refractivity contribution is 0.602. The molecule has 0 radical (unpaired) electrons. The van der Waals surface area contributed by atoms with Gasteiger partial charge in [0.05, 0.1) is 4.90 Å². The Labute approximate surface area is 147 Å². The second-order valence-corrected chi connectivity index (χ2v) is 8.07. The van der Waals surface area contributed by atoms with Gasteiger partial charge in [0.2, 0.25) is 0 Å². The zero-order chi connectivity index (χ0) is 17.9. The number of hydrogen-bond donors (Lipinski definition) is 0. The van der Waals surface area contributed by atoms with E-state index in [1.807, 2.05) is 42.5 Å². The Hall–Kier alpha value is -2.46. The molecule has 0 saturated carbocycles. The van der Waals surface area contributed by atoms with E-state index in [-0.39, 0.29) is 5.82 Å². The highest BCUT2D eigenvalue weighted by Crippen LogP contribution is 2.27. The molecular weight excluding hydrogens is 335 g/mol. The van der Waals surface area contributed by atoms with Gasteiger partial charge in [-0.05, 0) is 47.7 Å². The summed E-state index contributed by atoms with van der Waals surface area (Å²) >= 11 is 0. The topological polar surface area (TPSA) is 34.1 Å². The zero-order valence-electron chi connectivity index (χ0n) is 13.9. The van der Waals surface area contributed by atoms with Crippen molar-refractivity contribution in [2.24, 2.45) is 0 Å². The summed E-state index contributed by atoms with van der Waals surface area (Å²) in [5.74, 6) is -0.229. The van der Waals surface area contributed by atoms with Gasteiger partial charge in [0, 0.05) is 11.8 Å². The Morgan fingerprint density at radius 2 is 1.36 bits per heavy atom. The lowest BCUT2D eigenvalue weighted by Crippen LogP contribution is -1.98. The predicted octanol–water partition coefficient (Wildman–Crippen LogP) is 4.68. The van der Waals surface area contributed by atoms with Crippen molar-refractivity contribution in [3.63, 3.8) is 0 Å². The summed E-state index contributed by atoms with van der Waals surface area (Å²) in [6.07, 6.45) is 2.71. The van der Waals surface area contributed by atoms with Gasteiger partial charge in [0.1, 0.15) is 5.82 Å². The molecule has 0 aromatic heterocycles. The van der Waals surface area contributed by atoms with Crippen molar-refractivity contribution in [3.8, 4) is 11.1 Å². The third kappa shape index (κ3) is 4.15. The zero-order valence-corrected chi connectivity index (χ0v) is 14.8. The van der Waals surface area contributed by atoms with Gasteiger partial charge in [-0.15, -0.1) is 0 Å². The van der Waals surface area contributed by atoms with Gasteiger partial charge in [-0.1, -0.05) is 54.6 Å². The maximum absolute atomic E-state index is 14.1. The smallest absolute Gasteiger partial charge is 0.175 e. The fraction of sp³-hybridized carbons (Fsp3) is 0.143. The number of hydrogen-bond acceptors (Lipinski definition) is 2. The average molecular weight is 354 g/mol. The van der Waals surface area contributed by atoms with Crippen LogP contribution in [0.25, 0.3) is 11.1 Å². The maximum Gasteiger partial charge on any atom is 0.175 e. The van der Waals surface area contributed by atoms with E-state index in [1.165, 1.54) is 12.3 Å². The average Bonchev–Trinajstić information content (AvgIpc) is 2.60. The predicted molar refractivity (Wildman–Crippen MR) is 98.8 cm³/mol. The molecule has 0 heterocycles. The fourth-order valence-electron chi connectivity index (χ4n) is 2.86. The minimum absolute atomic E-state index is 0.229. The number of halogens is 1. The van der Waals surface area contributed by atoms with E-state index in [1.54, 1.807) is 24.3 Å². The molecule has 0 fully saturated rings. The normalized spacial score (nSPS) is 11.4. The van der Waals surface area contributed by atoms with Crippen LogP contribution in [0.5, 0.6) is 0 Å². The molecule has 3 aromatic carbocycles. The second-order valence-electron chi connectivity index (χ2n) is 6.05. The number of sulfone groups is 1. The maximum atomic E-state index is 14.1. The molecule has 0 aliphatic carbocycles. The highest BCUT2D eigenvalue weighted by Gasteiger charge is 2.10. The number of benzene rings is 3. The molecule has 128 valence electrons. The minimum atomic E-state index is -3.18. The Bertz CT molecular complexity index is 977. The Morgan fingerprint density at radius 1 is 0.760 bits per heavy atom. The highest BCUT2D eigenvalue weighted by molar-refractivity contribution is 7.90. The van der Waals surface area contributed by atoms with Crippen LogP contribution in [0.2, 0.25) is 0 Å². The Balaban J connectivity index is 1.82. The van der Waals surface area contributed by atoms with Crippen LogP contribution >= 0.6 is 0 Å². The first kappa shape index (κ1) is 17.4. The van der Waals surface area contributed by atoms with E-state index >= 15 is 0 Å². The molecule has 3 rings (SSSR count). The Morgan fingerprint density at radius 3 is 2.00 bits per heavy atom. The molecule has 0 saturated heterocycles. The summed E-state index contributed by atoms with van der Waals surface area (Å²) in [7, 11) is -3.18. The van der Waals surface area contributed by atoms with Crippen molar-refractivity contribution < 1.29 is 12.8 Å². The van der Waals surface area contributed by atoms with Crippen LogP contribution in [0.3, 0.4) is 0 Å². The Kier molecular flexibility index (Phi) is 5.00. The van der Waals surface area contributed by atoms with E-state index < -0.39 is 9.84 Å². The van der Waals surface area contributed by atoms with E-state index in [0.717, 1.165) is 29.5 Å². The van der Waals surface area contributed by atoms with Crippen LogP contribution in [-0.4, -0.2) is 14.7 Å². The molecule has 25 heavy (non-hydrogen) atoms. The molecular formula is C21H19FO2S. The first-order valence-electron chi connectivity index (χ1n) is 8.07. The molecule has 0 bridgehead atoms. The third-order valence-corrected chi connectivity index (χ3v) is 5.34. The first-order valence-corrected chi connectivity index (χ1v) is 9.96. The van der Waals surface area contributed by atoms with Crippen molar-refractivity contribution >= 4 is 9.84 Å². The van der Waals surface area contributed by atoms with Crippen molar-refractivity contribution in [1.82, 2.24) is 0 Å². The van der Waals surface area contributed by atoms with E-state index in [2.05, 4.69) is 0 Å². The van der Waals surface area contributed by atoms with Gasteiger partial charge >= 0.3 is 0 Å². The molecule has 4 heteroatoms. The van der Waals surface area contributed by atoms with E-state index in [9.17, 15) is 12.8 Å². The molecule has 2 nitrogen and oxygen atoms in total. The van der Waals surface area contributed by atoms with Crippen LogP contribution in [0, 0.1) is 5.82 Å². The van der Waals surface area contributed by atoms with Crippen molar-refractivity contribution in [2.45, 2.75) is 17.7 Å². The van der Waals surface area contributed by atoms with Gasteiger partial charge < -0.3 is 0 Å². The monoisotopic (exact) mass is 354 g/mol. The van der Waals surface area contributed by atoms with Crippen LogP contribution in [0.1, 0.15) is 11.1 Å². The van der Waals surface area contributed by atoms with Gasteiger partial charge in [-0.3, -0.25) is 0 Å². The SMILES string of the molecule is CS(=O)(=O)c1ccc(CCc2ccccc2-c2ccccc2F)cc1. The largest absolute Gasteiger partial charge is 0.224 e. The van der Waals surface area contributed by atoms with E-state index in [4.69, 9.17) is 0 Å². The lowest BCUT2D eigenvalue weighted by Gasteiger charge is -2.11. The summed E-state index contributed by atoms with van der Waals surface area (Å²) in [5, 5.41) is 0. The van der Waals surface area contributed by atoms with Crippen LogP contribution in [0.15, 0.2) is 77.7 Å². The molecule has 0 N–H and O–H groups in total. The molecule has 0 aliphatic rings. The van der Waals surface area contributed by atoms with Crippen molar-refractivity contribution in [3.05, 3.63) is 89.7 Å². The molecule has 0 spiro atoms. The van der Waals surface area contributed by atoms with Gasteiger partial charge in [-0.2, -0.15) is 0 Å². The molecule has 0 atom stereocenters. The fourth-order valence-corrected chi connectivity index (χ4v) is 3.49. The van der Waals surface area contributed by atoms with Crippen LogP contribution in [-0.2, 0) is 22.7 Å². The molecule has 0 aliphatic heterocycles. The summed E-state index contributed by atoms with van der Waals surface area (Å²) in [4.78, 5) is 0.322. The third-order valence-electron chi connectivity index (χ3n) is 4.22. The lowest BCUT2D eigenvalue weighted by atomic mass is 9.95. The summed E-state index contributed by atoms with van der Waals surface area (Å²) < 4.78 is 37.2. The molecule has 3 aromatic rings. The second kappa shape index (κ2) is 7.19. The minimum Gasteiger partial charge on any atom is -0.224 e. The first-order chi connectivity index (χ1) is 11.9.